The normalized spacial score (nSPS) is 29.4. The maximum atomic E-state index is 11.5. The first-order chi connectivity index (χ1) is 14.3. The highest BCUT2D eigenvalue weighted by Gasteiger charge is 2.46. The van der Waals surface area contributed by atoms with Crippen molar-refractivity contribution < 1.29 is 34.4 Å². The van der Waals surface area contributed by atoms with Crippen molar-refractivity contribution in [3.05, 3.63) is 24.3 Å². The van der Waals surface area contributed by atoms with Crippen molar-refractivity contribution in [1.29, 1.82) is 0 Å². The van der Waals surface area contributed by atoms with Gasteiger partial charge in [-0.15, -0.1) is 0 Å². The fourth-order valence-electron chi connectivity index (χ4n) is 3.72. The summed E-state index contributed by atoms with van der Waals surface area (Å²) in [6, 6.07) is 6.24. The lowest BCUT2D eigenvalue weighted by Gasteiger charge is -2.42. The summed E-state index contributed by atoms with van der Waals surface area (Å²) < 4.78 is 11.4. The Morgan fingerprint density at radius 3 is 2.27 bits per heavy atom. The van der Waals surface area contributed by atoms with Crippen molar-refractivity contribution in [2.24, 2.45) is 0 Å². The predicted octanol–water partition coefficient (Wildman–Crippen LogP) is -1.32. The van der Waals surface area contributed by atoms with Crippen LogP contribution in [0, 0.1) is 0 Å². The van der Waals surface area contributed by atoms with E-state index in [1.54, 1.807) is 19.1 Å². The number of amides is 2. The molecule has 30 heavy (non-hydrogen) atoms. The molecule has 5 atom stereocenters. The van der Waals surface area contributed by atoms with Crippen LogP contribution in [0.15, 0.2) is 24.3 Å². The van der Waals surface area contributed by atoms with Crippen LogP contribution in [0.2, 0.25) is 0 Å². The SMILES string of the molecule is CC(=O)N[C@@H]1[C@H](Oc2ccc(N3CCN(C(C)=O)CC3)cc2)O[C@H](CO)[C@@H](O)[C@@H]1O. The van der Waals surface area contributed by atoms with Crippen molar-refractivity contribution in [2.45, 2.75) is 44.5 Å². The van der Waals surface area contributed by atoms with E-state index in [1.165, 1.54) is 6.92 Å². The Hall–Kier alpha value is -2.40. The van der Waals surface area contributed by atoms with Crippen LogP contribution in [0.4, 0.5) is 5.69 Å². The first-order valence-electron chi connectivity index (χ1n) is 9.97. The summed E-state index contributed by atoms with van der Waals surface area (Å²) in [6.45, 7) is 5.16. The molecule has 4 N–H and O–H groups in total. The Bertz CT molecular complexity index is 736. The van der Waals surface area contributed by atoms with Gasteiger partial charge in [-0.05, 0) is 24.3 Å². The van der Waals surface area contributed by atoms with Gasteiger partial charge in [-0.3, -0.25) is 9.59 Å². The van der Waals surface area contributed by atoms with E-state index in [-0.39, 0.29) is 5.91 Å². The van der Waals surface area contributed by atoms with Crippen LogP contribution in [0.1, 0.15) is 13.8 Å². The molecule has 10 nitrogen and oxygen atoms in total. The van der Waals surface area contributed by atoms with E-state index in [1.807, 2.05) is 17.0 Å². The van der Waals surface area contributed by atoms with Gasteiger partial charge >= 0.3 is 0 Å². The molecule has 2 fully saturated rings. The molecule has 1 aromatic carbocycles. The number of aliphatic hydroxyl groups is 3. The number of carbonyl (C=O) groups excluding carboxylic acids is 2. The highest BCUT2D eigenvalue weighted by Crippen LogP contribution is 2.26. The fourth-order valence-corrected chi connectivity index (χ4v) is 3.72. The molecule has 3 rings (SSSR count). The summed E-state index contributed by atoms with van der Waals surface area (Å²) in [5, 5.41) is 32.3. The Kier molecular flexibility index (Phi) is 7.14. The van der Waals surface area contributed by atoms with Gasteiger partial charge in [0.2, 0.25) is 18.1 Å². The second-order valence-electron chi connectivity index (χ2n) is 7.54. The number of anilines is 1. The lowest BCUT2D eigenvalue weighted by Crippen LogP contribution is -2.65. The van der Waals surface area contributed by atoms with Crippen LogP contribution in [0.3, 0.4) is 0 Å². The number of ether oxygens (including phenoxy) is 2. The molecule has 0 aromatic heterocycles. The molecule has 0 spiro atoms. The zero-order chi connectivity index (χ0) is 21.8. The maximum Gasteiger partial charge on any atom is 0.223 e. The monoisotopic (exact) mass is 423 g/mol. The second kappa shape index (κ2) is 9.61. The third-order valence-electron chi connectivity index (χ3n) is 5.43. The molecule has 166 valence electrons. The number of hydrogen-bond donors (Lipinski definition) is 4. The number of piperazine rings is 1. The van der Waals surface area contributed by atoms with Crippen molar-refractivity contribution >= 4 is 17.5 Å². The van der Waals surface area contributed by atoms with Crippen LogP contribution in [0.5, 0.6) is 5.75 Å². The average molecular weight is 423 g/mol. The second-order valence-corrected chi connectivity index (χ2v) is 7.54. The number of hydrogen-bond acceptors (Lipinski definition) is 8. The predicted molar refractivity (Wildman–Crippen MR) is 107 cm³/mol. The van der Waals surface area contributed by atoms with E-state index in [0.29, 0.717) is 18.8 Å². The number of rotatable bonds is 5. The third-order valence-corrected chi connectivity index (χ3v) is 5.43. The third kappa shape index (κ3) is 5.01. The minimum absolute atomic E-state index is 0.0769. The Balaban J connectivity index is 1.67. The molecule has 2 aliphatic heterocycles. The van der Waals surface area contributed by atoms with Crippen molar-refractivity contribution in [3.63, 3.8) is 0 Å². The average Bonchev–Trinajstić information content (AvgIpc) is 2.73. The van der Waals surface area contributed by atoms with Gasteiger partial charge in [-0.2, -0.15) is 0 Å². The summed E-state index contributed by atoms with van der Waals surface area (Å²) >= 11 is 0. The molecule has 2 saturated heterocycles. The molecule has 0 aliphatic carbocycles. The van der Waals surface area contributed by atoms with Crippen molar-refractivity contribution in [1.82, 2.24) is 10.2 Å². The summed E-state index contributed by atoms with van der Waals surface area (Å²) in [6.07, 6.45) is -4.84. The standard InChI is InChI=1S/C20H29N3O7/c1-12(25)21-17-19(28)18(27)16(11-24)30-20(17)29-15-5-3-14(4-6-15)23-9-7-22(8-10-23)13(2)26/h3-6,16-20,24,27-28H,7-11H2,1-2H3,(H,21,25)/t16-,17+,18-,19-,20-/m1/s1. The van der Waals surface area contributed by atoms with Crippen LogP contribution in [-0.2, 0) is 14.3 Å². The van der Waals surface area contributed by atoms with Crippen LogP contribution in [0.25, 0.3) is 0 Å². The van der Waals surface area contributed by atoms with E-state index in [0.717, 1.165) is 18.8 Å². The molecule has 0 bridgehead atoms. The summed E-state index contributed by atoms with van der Waals surface area (Å²) in [4.78, 5) is 26.9. The Morgan fingerprint density at radius 2 is 1.73 bits per heavy atom. The minimum atomic E-state index is -1.36. The topological polar surface area (TPSA) is 132 Å². The van der Waals surface area contributed by atoms with Crippen LogP contribution >= 0.6 is 0 Å². The van der Waals surface area contributed by atoms with Crippen LogP contribution in [-0.4, -0.2) is 95.5 Å². The number of aliphatic hydroxyl groups excluding tert-OH is 3. The van der Waals surface area contributed by atoms with Gasteiger partial charge in [0.25, 0.3) is 0 Å². The van der Waals surface area contributed by atoms with Gasteiger partial charge in [-0.1, -0.05) is 0 Å². The summed E-state index contributed by atoms with van der Waals surface area (Å²) in [5.74, 6) is 0.112. The maximum absolute atomic E-state index is 11.5. The van der Waals surface area contributed by atoms with Crippen LogP contribution < -0.4 is 15.0 Å². The van der Waals surface area contributed by atoms with Gasteiger partial charge in [0.05, 0.1) is 6.61 Å². The molecule has 2 aliphatic rings. The number of nitrogens with one attached hydrogen (secondary N) is 1. The summed E-state index contributed by atoms with van der Waals surface area (Å²) in [5.41, 5.74) is 0.984. The smallest absolute Gasteiger partial charge is 0.223 e. The molecule has 0 unspecified atom stereocenters. The number of carbonyl (C=O) groups is 2. The van der Waals surface area contributed by atoms with Gasteiger partial charge < -0.3 is 39.9 Å². The quantitative estimate of drug-likeness (QED) is 0.459. The van der Waals surface area contributed by atoms with E-state index in [4.69, 9.17) is 9.47 Å². The Labute approximate surface area is 175 Å². The number of nitrogens with zero attached hydrogens (tertiary/aromatic N) is 2. The molecule has 2 amide bonds. The van der Waals surface area contributed by atoms with Crippen molar-refractivity contribution in [2.75, 3.05) is 37.7 Å². The molecule has 0 saturated carbocycles. The molecule has 0 radical (unpaired) electrons. The van der Waals surface area contributed by atoms with Crippen molar-refractivity contribution in [3.8, 4) is 5.75 Å². The molecular weight excluding hydrogens is 394 g/mol. The highest BCUT2D eigenvalue weighted by atomic mass is 16.7. The highest BCUT2D eigenvalue weighted by molar-refractivity contribution is 5.74. The first-order valence-corrected chi connectivity index (χ1v) is 9.97. The van der Waals surface area contributed by atoms with Gasteiger partial charge in [-0.25, -0.2) is 0 Å². The molecule has 1 aromatic rings. The van der Waals surface area contributed by atoms with E-state index in [2.05, 4.69) is 10.2 Å². The van der Waals surface area contributed by atoms with E-state index in [9.17, 15) is 24.9 Å². The lowest BCUT2D eigenvalue weighted by atomic mass is 9.97. The molecule has 2 heterocycles. The van der Waals surface area contributed by atoms with E-state index < -0.39 is 43.2 Å². The zero-order valence-corrected chi connectivity index (χ0v) is 17.1. The minimum Gasteiger partial charge on any atom is -0.463 e. The lowest BCUT2D eigenvalue weighted by molar-refractivity contribution is -0.244. The fraction of sp³-hybridized carbons (Fsp3) is 0.600. The largest absolute Gasteiger partial charge is 0.463 e. The van der Waals surface area contributed by atoms with E-state index >= 15 is 0 Å². The summed E-state index contributed by atoms with van der Waals surface area (Å²) in [7, 11) is 0. The first kappa shape index (κ1) is 22.3. The Morgan fingerprint density at radius 1 is 1.10 bits per heavy atom. The van der Waals surface area contributed by atoms with Gasteiger partial charge in [0.1, 0.15) is 30.1 Å². The van der Waals surface area contributed by atoms with Gasteiger partial charge in [0, 0.05) is 45.7 Å². The van der Waals surface area contributed by atoms with Gasteiger partial charge in [0.15, 0.2) is 0 Å². The molecular formula is C20H29N3O7. The zero-order valence-electron chi connectivity index (χ0n) is 17.1. The molecule has 10 heteroatoms. The number of benzene rings is 1.